The van der Waals surface area contributed by atoms with Gasteiger partial charge >= 0.3 is 0 Å². The number of anilines is 1. The largest absolute Gasteiger partial charge is 0.379 e. The van der Waals surface area contributed by atoms with E-state index in [1.54, 1.807) is 18.0 Å². The highest BCUT2D eigenvalue weighted by atomic mass is 16.5. The van der Waals surface area contributed by atoms with Crippen molar-refractivity contribution in [2.45, 2.75) is 24.9 Å². The number of nitrogens with zero attached hydrogens (tertiary/aromatic N) is 5. The van der Waals surface area contributed by atoms with Gasteiger partial charge in [-0.2, -0.15) is 0 Å². The Kier molecular flexibility index (Phi) is 4.58. The van der Waals surface area contributed by atoms with Crippen molar-refractivity contribution in [3.05, 3.63) is 35.8 Å². The van der Waals surface area contributed by atoms with Crippen LogP contribution in [0.3, 0.4) is 0 Å². The molecule has 1 amide bonds. The number of aryl methyl sites for hydroxylation is 1. The maximum atomic E-state index is 12.8. The van der Waals surface area contributed by atoms with Crippen molar-refractivity contribution in [2.24, 2.45) is 13.0 Å². The van der Waals surface area contributed by atoms with Crippen LogP contribution in [0.1, 0.15) is 34.8 Å². The molecule has 8 nitrogen and oxygen atoms in total. The maximum absolute atomic E-state index is 12.8. The van der Waals surface area contributed by atoms with Gasteiger partial charge in [-0.25, -0.2) is 4.98 Å². The van der Waals surface area contributed by atoms with Gasteiger partial charge in [0.1, 0.15) is 5.82 Å². The average Bonchev–Trinajstić information content (AvgIpc) is 3.23. The summed E-state index contributed by atoms with van der Waals surface area (Å²) in [5.41, 5.74) is 1.45. The fourth-order valence-electron chi connectivity index (χ4n) is 3.38. The highest BCUT2D eigenvalue weighted by Crippen LogP contribution is 2.30. The van der Waals surface area contributed by atoms with Crippen LogP contribution in [-0.2, 0) is 11.8 Å². The summed E-state index contributed by atoms with van der Waals surface area (Å²) in [6, 6.07) is 3.71. The minimum absolute atomic E-state index is 0.0281. The standard InChI is InChI=1S/C18H24N6O2/c1-23-10-15(21-22-23)14-9-24(11-16(14)26-2)18(25)13-5-6-17(20-8-13)19-7-12-3-4-12/h5-6,8,10,12,14,16H,3-4,7,9,11H2,1-2H3,(H,19,20)/t14-,16+/m0/s1. The lowest BCUT2D eigenvalue weighted by molar-refractivity contribution is 0.0714. The molecule has 26 heavy (non-hydrogen) atoms. The van der Waals surface area contributed by atoms with Crippen molar-refractivity contribution in [3.8, 4) is 0 Å². The molecule has 4 rings (SSSR count). The fraction of sp³-hybridized carbons (Fsp3) is 0.556. The van der Waals surface area contributed by atoms with Gasteiger partial charge in [-0.15, -0.1) is 5.10 Å². The molecule has 0 unspecified atom stereocenters. The lowest BCUT2D eigenvalue weighted by Gasteiger charge is -2.16. The Balaban J connectivity index is 1.42. The van der Waals surface area contributed by atoms with Crippen LogP contribution in [0.2, 0.25) is 0 Å². The molecule has 1 aliphatic heterocycles. The van der Waals surface area contributed by atoms with Crippen LogP contribution in [0.5, 0.6) is 0 Å². The summed E-state index contributed by atoms with van der Waals surface area (Å²) in [5.74, 6) is 1.61. The molecule has 2 aromatic rings. The van der Waals surface area contributed by atoms with Crippen molar-refractivity contribution < 1.29 is 9.53 Å². The van der Waals surface area contributed by atoms with Crippen molar-refractivity contribution in [2.75, 3.05) is 32.1 Å². The van der Waals surface area contributed by atoms with E-state index in [2.05, 4.69) is 20.6 Å². The molecule has 1 aliphatic carbocycles. The van der Waals surface area contributed by atoms with Crippen molar-refractivity contribution >= 4 is 11.7 Å². The van der Waals surface area contributed by atoms with Crippen LogP contribution >= 0.6 is 0 Å². The zero-order valence-electron chi connectivity index (χ0n) is 15.1. The van der Waals surface area contributed by atoms with E-state index in [4.69, 9.17) is 4.74 Å². The van der Waals surface area contributed by atoms with Crippen LogP contribution in [0.15, 0.2) is 24.5 Å². The third-order valence-electron chi connectivity index (χ3n) is 5.14. The number of amides is 1. The molecule has 8 heteroatoms. The van der Waals surface area contributed by atoms with E-state index in [0.29, 0.717) is 18.7 Å². The Morgan fingerprint density at radius 3 is 2.81 bits per heavy atom. The molecule has 138 valence electrons. The lowest BCUT2D eigenvalue weighted by atomic mass is 10.0. The number of hydrogen-bond acceptors (Lipinski definition) is 6. The van der Waals surface area contributed by atoms with Crippen molar-refractivity contribution in [1.82, 2.24) is 24.9 Å². The van der Waals surface area contributed by atoms with E-state index in [1.165, 1.54) is 12.8 Å². The Hall–Kier alpha value is -2.48. The second-order valence-electron chi connectivity index (χ2n) is 7.16. The molecule has 2 fully saturated rings. The predicted molar refractivity (Wildman–Crippen MR) is 95.9 cm³/mol. The first-order chi connectivity index (χ1) is 12.6. The van der Waals surface area contributed by atoms with Crippen molar-refractivity contribution in [1.29, 1.82) is 0 Å². The van der Waals surface area contributed by atoms with Gasteiger partial charge in [-0.1, -0.05) is 5.21 Å². The number of pyridine rings is 1. The normalized spacial score (nSPS) is 22.6. The quantitative estimate of drug-likeness (QED) is 0.839. The van der Waals surface area contributed by atoms with Gasteiger partial charge in [0, 0.05) is 46.2 Å². The van der Waals surface area contributed by atoms with Gasteiger partial charge < -0.3 is 15.0 Å². The summed E-state index contributed by atoms with van der Waals surface area (Å²) in [5, 5.41) is 11.5. The van der Waals surface area contributed by atoms with Crippen LogP contribution < -0.4 is 5.32 Å². The summed E-state index contributed by atoms with van der Waals surface area (Å²) in [7, 11) is 3.50. The van der Waals surface area contributed by atoms with E-state index in [1.807, 2.05) is 30.3 Å². The van der Waals surface area contributed by atoms with Crippen LogP contribution in [0.4, 0.5) is 5.82 Å². The number of carbonyl (C=O) groups excluding carboxylic acids is 1. The molecule has 0 bridgehead atoms. The van der Waals surface area contributed by atoms with Gasteiger partial charge in [0.2, 0.25) is 0 Å². The number of hydrogen-bond donors (Lipinski definition) is 1. The zero-order chi connectivity index (χ0) is 18.1. The number of likely N-dealkylation sites (tertiary alicyclic amines) is 1. The number of ether oxygens (including phenoxy) is 1. The molecular weight excluding hydrogens is 332 g/mol. The summed E-state index contributed by atoms with van der Waals surface area (Å²) in [4.78, 5) is 19.0. The molecule has 2 aromatic heterocycles. The summed E-state index contributed by atoms with van der Waals surface area (Å²) < 4.78 is 7.26. The Morgan fingerprint density at radius 1 is 1.35 bits per heavy atom. The summed E-state index contributed by atoms with van der Waals surface area (Å²) in [6.07, 6.45) is 6.04. The Morgan fingerprint density at radius 2 is 2.19 bits per heavy atom. The number of carbonyl (C=O) groups is 1. The topological polar surface area (TPSA) is 85.2 Å². The molecule has 0 spiro atoms. The van der Waals surface area contributed by atoms with E-state index in [9.17, 15) is 4.79 Å². The highest BCUT2D eigenvalue weighted by molar-refractivity contribution is 5.94. The molecule has 1 saturated heterocycles. The fourth-order valence-corrected chi connectivity index (χ4v) is 3.38. The number of aromatic nitrogens is 4. The summed E-state index contributed by atoms with van der Waals surface area (Å²) in [6.45, 7) is 2.07. The van der Waals surface area contributed by atoms with Gasteiger partial charge in [-0.05, 0) is 30.9 Å². The first-order valence-corrected chi connectivity index (χ1v) is 9.02. The molecule has 0 radical (unpaired) electrons. The van der Waals surface area contributed by atoms with Gasteiger partial charge in [0.25, 0.3) is 5.91 Å². The second-order valence-corrected chi connectivity index (χ2v) is 7.16. The first-order valence-electron chi connectivity index (χ1n) is 9.02. The molecule has 1 N–H and O–H groups in total. The summed E-state index contributed by atoms with van der Waals surface area (Å²) >= 11 is 0. The third-order valence-corrected chi connectivity index (χ3v) is 5.14. The molecule has 2 atom stereocenters. The van der Waals surface area contributed by atoms with Crippen molar-refractivity contribution in [3.63, 3.8) is 0 Å². The molecule has 3 heterocycles. The van der Waals surface area contributed by atoms with E-state index >= 15 is 0 Å². The number of rotatable bonds is 6. The third kappa shape index (κ3) is 3.55. The number of nitrogens with one attached hydrogen (secondary N) is 1. The lowest BCUT2D eigenvalue weighted by Crippen LogP contribution is -2.30. The van der Waals surface area contributed by atoms with Crippen LogP contribution in [0, 0.1) is 5.92 Å². The smallest absolute Gasteiger partial charge is 0.255 e. The first kappa shape index (κ1) is 17.0. The van der Waals surface area contributed by atoms with Gasteiger partial charge in [0.05, 0.1) is 23.3 Å². The maximum Gasteiger partial charge on any atom is 0.255 e. The zero-order valence-corrected chi connectivity index (χ0v) is 15.1. The van der Waals surface area contributed by atoms with E-state index in [0.717, 1.165) is 24.0 Å². The Bertz CT molecular complexity index is 770. The Labute approximate surface area is 152 Å². The predicted octanol–water partition coefficient (Wildman–Crippen LogP) is 1.29. The number of methoxy groups -OCH3 is 1. The van der Waals surface area contributed by atoms with Gasteiger partial charge in [0.15, 0.2) is 0 Å². The molecule has 0 aromatic carbocycles. The van der Waals surface area contributed by atoms with E-state index in [-0.39, 0.29) is 17.9 Å². The van der Waals surface area contributed by atoms with Crippen LogP contribution in [0.25, 0.3) is 0 Å². The van der Waals surface area contributed by atoms with E-state index < -0.39 is 0 Å². The second kappa shape index (κ2) is 7.03. The SMILES string of the molecule is CO[C@@H]1CN(C(=O)c2ccc(NCC3CC3)nc2)C[C@H]1c1cn(C)nn1. The average molecular weight is 356 g/mol. The molecular formula is C18H24N6O2. The highest BCUT2D eigenvalue weighted by Gasteiger charge is 2.38. The molecule has 1 saturated carbocycles. The minimum Gasteiger partial charge on any atom is -0.379 e. The monoisotopic (exact) mass is 356 g/mol. The molecule has 2 aliphatic rings. The van der Waals surface area contributed by atoms with Crippen LogP contribution in [-0.4, -0.2) is 63.6 Å². The van der Waals surface area contributed by atoms with Gasteiger partial charge in [-0.3, -0.25) is 9.48 Å². The minimum atomic E-state index is -0.0805.